The van der Waals surface area contributed by atoms with E-state index in [9.17, 15) is 9.50 Å². The highest BCUT2D eigenvalue weighted by molar-refractivity contribution is 5.37. The van der Waals surface area contributed by atoms with Crippen LogP contribution in [0.3, 0.4) is 0 Å². The number of phenolic OH excluding ortho intramolecular Hbond substituents is 1. The van der Waals surface area contributed by atoms with Gasteiger partial charge >= 0.3 is 0 Å². The molecule has 0 bridgehead atoms. The first-order chi connectivity index (χ1) is 6.16. The smallest absolute Gasteiger partial charge is 0.127 e. The minimum atomic E-state index is -0.394. The highest BCUT2D eigenvalue weighted by Gasteiger charge is 2.43. The van der Waals surface area contributed by atoms with E-state index in [4.69, 9.17) is 5.73 Å². The molecule has 13 heavy (non-hydrogen) atoms. The summed E-state index contributed by atoms with van der Waals surface area (Å²) < 4.78 is 12.9. The van der Waals surface area contributed by atoms with E-state index in [-0.39, 0.29) is 11.2 Å². The largest absolute Gasteiger partial charge is 0.508 e. The van der Waals surface area contributed by atoms with Gasteiger partial charge in [-0.25, -0.2) is 4.39 Å². The first-order valence-electron chi connectivity index (χ1n) is 4.36. The Morgan fingerprint density at radius 3 is 2.54 bits per heavy atom. The lowest BCUT2D eigenvalue weighted by atomic mass is 9.96. The number of hydrogen-bond acceptors (Lipinski definition) is 2. The van der Waals surface area contributed by atoms with E-state index in [0.29, 0.717) is 6.54 Å². The number of halogens is 1. The average Bonchev–Trinajstić information content (AvgIpc) is 2.82. The number of nitrogens with two attached hydrogens (primary N) is 1. The molecule has 0 amide bonds. The highest BCUT2D eigenvalue weighted by atomic mass is 19.1. The number of phenols is 1. The molecule has 0 saturated heterocycles. The van der Waals surface area contributed by atoms with Gasteiger partial charge in [-0.05, 0) is 30.5 Å². The van der Waals surface area contributed by atoms with Crippen LogP contribution in [0.15, 0.2) is 18.2 Å². The van der Waals surface area contributed by atoms with E-state index >= 15 is 0 Å². The molecule has 1 aromatic rings. The summed E-state index contributed by atoms with van der Waals surface area (Å²) in [5.41, 5.74) is 6.37. The van der Waals surface area contributed by atoms with Crippen LogP contribution in [-0.2, 0) is 5.41 Å². The standard InChI is InChI=1S/C10H12FNO/c11-8-3-7(4-9(13)5-8)10(6-12)1-2-10/h3-5,13H,1-2,6,12H2. The van der Waals surface area contributed by atoms with Gasteiger partial charge in [-0.2, -0.15) is 0 Å². The zero-order chi connectivity index (χ0) is 9.47. The molecule has 0 aliphatic heterocycles. The Hall–Kier alpha value is -1.09. The van der Waals surface area contributed by atoms with Crippen molar-refractivity contribution in [2.75, 3.05) is 6.54 Å². The van der Waals surface area contributed by atoms with Crippen LogP contribution >= 0.6 is 0 Å². The lowest BCUT2D eigenvalue weighted by Crippen LogP contribution is -2.19. The van der Waals surface area contributed by atoms with Gasteiger partial charge in [0.2, 0.25) is 0 Å². The van der Waals surface area contributed by atoms with Gasteiger partial charge in [0.15, 0.2) is 0 Å². The molecule has 3 heteroatoms. The topological polar surface area (TPSA) is 46.2 Å². The van der Waals surface area contributed by atoms with Crippen molar-refractivity contribution in [1.82, 2.24) is 0 Å². The maximum atomic E-state index is 12.9. The highest BCUT2D eigenvalue weighted by Crippen LogP contribution is 2.47. The third-order valence-corrected chi connectivity index (χ3v) is 2.74. The van der Waals surface area contributed by atoms with Crippen molar-refractivity contribution in [3.63, 3.8) is 0 Å². The van der Waals surface area contributed by atoms with Crippen LogP contribution < -0.4 is 5.73 Å². The minimum absolute atomic E-state index is 0.0188. The Labute approximate surface area is 76.2 Å². The zero-order valence-electron chi connectivity index (χ0n) is 7.26. The molecular weight excluding hydrogens is 169 g/mol. The lowest BCUT2D eigenvalue weighted by molar-refractivity contribution is 0.466. The van der Waals surface area contributed by atoms with Gasteiger partial charge in [0.1, 0.15) is 11.6 Å². The van der Waals surface area contributed by atoms with Gasteiger partial charge in [0.25, 0.3) is 0 Å². The van der Waals surface area contributed by atoms with Crippen LogP contribution in [0.1, 0.15) is 18.4 Å². The molecule has 1 aliphatic rings. The number of hydrogen-bond donors (Lipinski definition) is 2. The second-order valence-electron chi connectivity index (χ2n) is 3.68. The summed E-state index contributed by atoms with van der Waals surface area (Å²) in [7, 11) is 0. The van der Waals surface area contributed by atoms with Gasteiger partial charge in [-0.3, -0.25) is 0 Å². The summed E-state index contributed by atoms with van der Waals surface area (Å²) in [6.45, 7) is 0.524. The summed E-state index contributed by atoms with van der Waals surface area (Å²) in [6, 6.07) is 4.17. The fourth-order valence-electron chi connectivity index (χ4n) is 1.64. The summed E-state index contributed by atoms with van der Waals surface area (Å²) in [4.78, 5) is 0. The molecule has 70 valence electrons. The Kier molecular flexibility index (Phi) is 1.77. The van der Waals surface area contributed by atoms with Crippen molar-refractivity contribution < 1.29 is 9.50 Å². The Morgan fingerprint density at radius 2 is 2.08 bits per heavy atom. The van der Waals surface area contributed by atoms with E-state index in [2.05, 4.69) is 0 Å². The molecule has 0 heterocycles. The monoisotopic (exact) mass is 181 g/mol. The molecule has 1 aromatic carbocycles. The molecule has 0 unspecified atom stereocenters. The average molecular weight is 181 g/mol. The predicted molar refractivity (Wildman–Crippen MR) is 48.0 cm³/mol. The van der Waals surface area contributed by atoms with E-state index in [1.807, 2.05) is 0 Å². The number of rotatable bonds is 2. The molecule has 1 saturated carbocycles. The first-order valence-corrected chi connectivity index (χ1v) is 4.36. The Balaban J connectivity index is 2.40. The van der Waals surface area contributed by atoms with Crippen LogP contribution in [0.5, 0.6) is 5.75 Å². The summed E-state index contributed by atoms with van der Waals surface area (Å²) in [6.07, 6.45) is 1.98. The van der Waals surface area contributed by atoms with Crippen molar-refractivity contribution in [3.8, 4) is 5.75 Å². The Morgan fingerprint density at radius 1 is 1.38 bits per heavy atom. The molecule has 0 spiro atoms. The van der Waals surface area contributed by atoms with Gasteiger partial charge < -0.3 is 10.8 Å². The van der Waals surface area contributed by atoms with Crippen molar-refractivity contribution in [1.29, 1.82) is 0 Å². The van der Waals surface area contributed by atoms with Gasteiger partial charge in [0.05, 0.1) is 0 Å². The third kappa shape index (κ3) is 1.40. The van der Waals surface area contributed by atoms with Gasteiger partial charge in [-0.15, -0.1) is 0 Å². The van der Waals surface area contributed by atoms with E-state index in [0.717, 1.165) is 24.5 Å². The fourth-order valence-corrected chi connectivity index (χ4v) is 1.64. The maximum absolute atomic E-state index is 12.9. The van der Waals surface area contributed by atoms with Gasteiger partial charge in [-0.1, -0.05) is 0 Å². The molecular formula is C10H12FNO. The van der Waals surface area contributed by atoms with Crippen molar-refractivity contribution in [2.24, 2.45) is 5.73 Å². The maximum Gasteiger partial charge on any atom is 0.127 e. The SMILES string of the molecule is NCC1(c2cc(O)cc(F)c2)CC1. The van der Waals surface area contributed by atoms with Crippen molar-refractivity contribution in [2.45, 2.75) is 18.3 Å². The fraction of sp³-hybridized carbons (Fsp3) is 0.400. The molecule has 0 aromatic heterocycles. The van der Waals surface area contributed by atoms with E-state index < -0.39 is 5.82 Å². The van der Waals surface area contributed by atoms with Gasteiger partial charge in [0, 0.05) is 18.0 Å². The van der Waals surface area contributed by atoms with Crippen molar-refractivity contribution >= 4 is 0 Å². The summed E-state index contributed by atoms with van der Waals surface area (Å²) >= 11 is 0. The summed E-state index contributed by atoms with van der Waals surface area (Å²) in [5.74, 6) is -0.413. The third-order valence-electron chi connectivity index (χ3n) is 2.74. The summed E-state index contributed by atoms with van der Waals surface area (Å²) in [5, 5.41) is 9.20. The van der Waals surface area contributed by atoms with Crippen LogP contribution in [-0.4, -0.2) is 11.7 Å². The minimum Gasteiger partial charge on any atom is -0.508 e. The Bertz CT molecular complexity index is 313. The molecule has 3 N–H and O–H groups in total. The van der Waals surface area contributed by atoms with Crippen LogP contribution in [0.25, 0.3) is 0 Å². The molecule has 1 aliphatic carbocycles. The lowest BCUT2D eigenvalue weighted by Gasteiger charge is -2.12. The normalized spacial score (nSPS) is 18.6. The first kappa shape index (κ1) is 8.51. The second kappa shape index (κ2) is 2.70. The molecule has 2 rings (SSSR count). The zero-order valence-corrected chi connectivity index (χ0v) is 7.26. The molecule has 0 atom stereocenters. The van der Waals surface area contributed by atoms with Crippen LogP contribution in [0, 0.1) is 5.82 Å². The number of benzene rings is 1. The van der Waals surface area contributed by atoms with Crippen molar-refractivity contribution in [3.05, 3.63) is 29.6 Å². The second-order valence-corrected chi connectivity index (χ2v) is 3.68. The van der Waals surface area contributed by atoms with E-state index in [1.54, 1.807) is 6.07 Å². The molecule has 2 nitrogen and oxygen atoms in total. The van der Waals surface area contributed by atoms with E-state index in [1.165, 1.54) is 6.07 Å². The van der Waals surface area contributed by atoms with Crippen LogP contribution in [0.4, 0.5) is 4.39 Å². The predicted octanol–water partition coefficient (Wildman–Crippen LogP) is 1.52. The molecule has 1 fully saturated rings. The van der Waals surface area contributed by atoms with Crippen LogP contribution in [0.2, 0.25) is 0 Å². The number of aromatic hydroxyl groups is 1. The molecule has 0 radical (unpaired) electrons. The quantitative estimate of drug-likeness (QED) is 0.726.